The minimum Gasteiger partial charge on any atom is -0.444 e. The summed E-state index contributed by atoms with van der Waals surface area (Å²) >= 11 is 6.15. The summed E-state index contributed by atoms with van der Waals surface area (Å²) in [4.78, 5) is 43.3. The monoisotopic (exact) mass is 550 g/mol. The Morgan fingerprint density at radius 2 is 1.87 bits per heavy atom. The zero-order chi connectivity index (χ0) is 27.6. The fraction of sp³-hybridized carbons (Fsp3) is 0.483. The summed E-state index contributed by atoms with van der Waals surface area (Å²) in [6.45, 7) is 8.24. The molecular formula is C29H35ClN6O3. The normalized spacial score (nSPS) is 18.7. The number of fused-ring (bicyclic) bond motifs is 1. The summed E-state index contributed by atoms with van der Waals surface area (Å²) in [7, 11) is 0. The molecule has 10 heteroatoms. The van der Waals surface area contributed by atoms with Gasteiger partial charge in [0, 0.05) is 73.1 Å². The van der Waals surface area contributed by atoms with Crippen LogP contribution in [0.15, 0.2) is 42.9 Å². The molecule has 1 unspecified atom stereocenters. The number of carbonyl (C=O) groups is 2. The molecule has 0 spiro atoms. The van der Waals surface area contributed by atoms with E-state index in [2.05, 4.69) is 20.2 Å². The van der Waals surface area contributed by atoms with E-state index in [9.17, 15) is 9.59 Å². The second-order valence-electron chi connectivity index (χ2n) is 11.3. The van der Waals surface area contributed by atoms with Gasteiger partial charge in [-0.2, -0.15) is 0 Å². The van der Waals surface area contributed by atoms with Gasteiger partial charge in [0.05, 0.1) is 5.69 Å². The Labute approximate surface area is 233 Å². The predicted octanol–water partition coefficient (Wildman–Crippen LogP) is 5.08. The number of amides is 2. The van der Waals surface area contributed by atoms with Gasteiger partial charge in [-0.1, -0.05) is 11.6 Å². The Kier molecular flexibility index (Phi) is 7.88. The number of nitrogens with zero attached hydrogens (tertiary/aromatic N) is 5. The van der Waals surface area contributed by atoms with Gasteiger partial charge in [-0.3, -0.25) is 9.78 Å². The lowest BCUT2D eigenvalue weighted by atomic mass is 9.93. The summed E-state index contributed by atoms with van der Waals surface area (Å²) in [5.74, 6) is 1.02. The lowest BCUT2D eigenvalue weighted by Gasteiger charge is -2.38. The van der Waals surface area contributed by atoms with E-state index in [1.807, 2.05) is 56.1 Å². The van der Waals surface area contributed by atoms with E-state index in [-0.39, 0.29) is 17.9 Å². The molecule has 5 heterocycles. The zero-order valence-electron chi connectivity index (χ0n) is 22.7. The number of alkyl carbamates (subject to hydrolysis) is 1. The third-order valence-corrected chi connectivity index (χ3v) is 7.44. The molecule has 0 aliphatic carbocycles. The molecule has 3 aromatic heterocycles. The molecule has 1 atom stereocenters. The number of hydrogen-bond acceptors (Lipinski definition) is 7. The first kappa shape index (κ1) is 27.1. The van der Waals surface area contributed by atoms with Crippen molar-refractivity contribution in [3.8, 4) is 11.3 Å². The van der Waals surface area contributed by atoms with Crippen LogP contribution in [0, 0.1) is 5.92 Å². The molecule has 2 aliphatic heterocycles. The Hall–Kier alpha value is -3.46. The molecule has 2 saturated heterocycles. The molecule has 2 fully saturated rings. The molecule has 2 amide bonds. The van der Waals surface area contributed by atoms with Crippen molar-refractivity contribution in [3.05, 3.63) is 48.0 Å². The molecule has 3 aromatic rings. The SMILES string of the molecule is CC(C)(C)OC(=O)NC1CCCN(C(=O)C2CCN(c3nc(-c4ccnc(Cl)c4)cc4cnccc34)CC2)C1. The number of pyridine rings is 3. The maximum absolute atomic E-state index is 13.5. The van der Waals surface area contributed by atoms with Gasteiger partial charge in [-0.05, 0) is 70.7 Å². The smallest absolute Gasteiger partial charge is 0.407 e. The average Bonchev–Trinajstić information content (AvgIpc) is 2.91. The maximum Gasteiger partial charge on any atom is 0.407 e. The summed E-state index contributed by atoms with van der Waals surface area (Å²) in [5, 5.41) is 5.39. The largest absolute Gasteiger partial charge is 0.444 e. The number of rotatable bonds is 4. The highest BCUT2D eigenvalue weighted by Gasteiger charge is 2.33. The Morgan fingerprint density at radius 3 is 2.62 bits per heavy atom. The molecule has 0 radical (unpaired) electrons. The minimum absolute atomic E-state index is 0.0448. The van der Waals surface area contributed by atoms with E-state index >= 15 is 0 Å². The van der Waals surface area contributed by atoms with Gasteiger partial charge >= 0.3 is 6.09 Å². The lowest BCUT2D eigenvalue weighted by molar-refractivity contribution is -0.137. The highest BCUT2D eigenvalue weighted by molar-refractivity contribution is 6.29. The second-order valence-corrected chi connectivity index (χ2v) is 11.7. The van der Waals surface area contributed by atoms with Crippen LogP contribution in [-0.4, -0.2) is 69.7 Å². The number of ether oxygens (including phenoxy) is 1. The van der Waals surface area contributed by atoms with Crippen LogP contribution < -0.4 is 10.2 Å². The van der Waals surface area contributed by atoms with Gasteiger partial charge in [0.25, 0.3) is 0 Å². The van der Waals surface area contributed by atoms with E-state index < -0.39 is 11.7 Å². The third-order valence-electron chi connectivity index (χ3n) is 7.23. The third kappa shape index (κ3) is 6.58. The Balaban J connectivity index is 1.25. The standard InChI is InChI=1S/C29H35ClN6O3/c1-29(2,3)39-28(38)33-22-5-4-12-36(18-22)27(37)19-8-13-35(14-9-19)26-23-7-10-31-17-21(23)15-24(34-26)20-6-11-32-25(30)16-20/h6-7,10-11,15-17,19,22H,4-5,8-9,12-14,18H2,1-3H3,(H,33,38). The fourth-order valence-electron chi connectivity index (χ4n) is 5.40. The molecule has 9 nitrogen and oxygen atoms in total. The van der Waals surface area contributed by atoms with Crippen LogP contribution in [0.5, 0.6) is 0 Å². The van der Waals surface area contributed by atoms with Crippen LogP contribution in [0.2, 0.25) is 5.15 Å². The predicted molar refractivity (Wildman–Crippen MR) is 152 cm³/mol. The van der Waals surface area contributed by atoms with E-state index in [0.717, 1.165) is 73.2 Å². The molecule has 0 aromatic carbocycles. The topological polar surface area (TPSA) is 101 Å². The molecule has 0 saturated carbocycles. The van der Waals surface area contributed by atoms with Gasteiger partial charge < -0.3 is 19.9 Å². The number of aromatic nitrogens is 3. The van der Waals surface area contributed by atoms with Crippen molar-refractivity contribution in [2.24, 2.45) is 5.92 Å². The van der Waals surface area contributed by atoms with Crippen molar-refractivity contribution in [2.75, 3.05) is 31.1 Å². The maximum atomic E-state index is 13.5. The van der Waals surface area contributed by atoms with E-state index in [1.54, 1.807) is 12.4 Å². The lowest BCUT2D eigenvalue weighted by Crippen LogP contribution is -2.52. The van der Waals surface area contributed by atoms with Gasteiger partial charge in [-0.25, -0.2) is 14.8 Å². The van der Waals surface area contributed by atoms with E-state index in [4.69, 9.17) is 21.3 Å². The zero-order valence-corrected chi connectivity index (χ0v) is 23.4. The highest BCUT2D eigenvalue weighted by Crippen LogP contribution is 2.33. The van der Waals surface area contributed by atoms with Crippen LogP contribution in [-0.2, 0) is 9.53 Å². The van der Waals surface area contributed by atoms with Gasteiger partial charge in [0.1, 0.15) is 16.6 Å². The van der Waals surface area contributed by atoms with Crippen molar-refractivity contribution in [1.82, 2.24) is 25.2 Å². The Morgan fingerprint density at radius 1 is 1.08 bits per heavy atom. The van der Waals surface area contributed by atoms with E-state index in [1.165, 1.54) is 0 Å². The quantitative estimate of drug-likeness (QED) is 0.452. The highest BCUT2D eigenvalue weighted by atomic mass is 35.5. The van der Waals surface area contributed by atoms with E-state index in [0.29, 0.717) is 11.7 Å². The molecular weight excluding hydrogens is 516 g/mol. The van der Waals surface area contributed by atoms with Crippen molar-refractivity contribution in [1.29, 1.82) is 0 Å². The van der Waals surface area contributed by atoms with Crippen molar-refractivity contribution < 1.29 is 14.3 Å². The summed E-state index contributed by atoms with van der Waals surface area (Å²) < 4.78 is 5.40. The molecule has 2 aliphatic rings. The Bertz CT molecular complexity index is 1350. The van der Waals surface area contributed by atoms with Crippen LogP contribution in [0.1, 0.15) is 46.5 Å². The first-order valence-electron chi connectivity index (χ1n) is 13.6. The second kappa shape index (κ2) is 11.3. The summed E-state index contributed by atoms with van der Waals surface area (Å²) in [5.41, 5.74) is 1.15. The number of nitrogens with one attached hydrogen (secondary N) is 1. The van der Waals surface area contributed by atoms with Crippen molar-refractivity contribution >= 4 is 40.2 Å². The van der Waals surface area contributed by atoms with Gasteiger partial charge in [0.15, 0.2) is 0 Å². The molecule has 0 bridgehead atoms. The first-order chi connectivity index (χ1) is 18.7. The number of halogens is 1. The minimum atomic E-state index is -0.552. The number of piperidine rings is 2. The molecule has 39 heavy (non-hydrogen) atoms. The summed E-state index contributed by atoms with van der Waals surface area (Å²) in [6.07, 6.45) is 8.08. The van der Waals surface area contributed by atoms with Crippen LogP contribution in [0.25, 0.3) is 22.0 Å². The van der Waals surface area contributed by atoms with Crippen LogP contribution in [0.4, 0.5) is 10.6 Å². The number of carbonyl (C=O) groups excluding carboxylic acids is 2. The van der Waals surface area contributed by atoms with Gasteiger partial charge in [-0.15, -0.1) is 0 Å². The van der Waals surface area contributed by atoms with Gasteiger partial charge in [0.2, 0.25) is 5.91 Å². The molecule has 5 rings (SSSR count). The van der Waals surface area contributed by atoms with Crippen LogP contribution >= 0.6 is 11.6 Å². The molecule has 1 N–H and O–H groups in total. The first-order valence-corrected chi connectivity index (χ1v) is 13.9. The average molecular weight is 551 g/mol. The summed E-state index contributed by atoms with van der Waals surface area (Å²) in [6, 6.07) is 7.63. The van der Waals surface area contributed by atoms with Crippen molar-refractivity contribution in [3.63, 3.8) is 0 Å². The number of anilines is 1. The van der Waals surface area contributed by atoms with Crippen LogP contribution in [0.3, 0.4) is 0 Å². The molecule has 206 valence electrons. The number of likely N-dealkylation sites (tertiary alicyclic amines) is 1. The van der Waals surface area contributed by atoms with Crippen molar-refractivity contribution in [2.45, 2.75) is 58.1 Å². The number of hydrogen-bond donors (Lipinski definition) is 1. The fourth-order valence-corrected chi connectivity index (χ4v) is 5.57.